The van der Waals surface area contributed by atoms with Crippen molar-refractivity contribution in [3.05, 3.63) is 0 Å². The number of hydrogen-bond acceptors (Lipinski definition) is 7. The maximum Gasteiger partial charge on any atom is 0.411 e. The van der Waals surface area contributed by atoms with Crippen molar-refractivity contribution in [3.8, 4) is 0 Å². The van der Waals surface area contributed by atoms with Crippen molar-refractivity contribution in [2.45, 2.75) is 31.5 Å². The molecule has 4 N–H and O–H groups in total. The van der Waals surface area contributed by atoms with E-state index in [1.54, 1.807) is 4.90 Å². The van der Waals surface area contributed by atoms with Gasteiger partial charge in [0.1, 0.15) is 0 Å². The fraction of sp³-hybridized carbons (Fsp3) is 0.842. The quantitative estimate of drug-likeness (QED) is 0.336. The first-order valence-electron chi connectivity index (χ1n) is 10.8. The topological polar surface area (TPSA) is 130 Å². The number of nitrogens with one attached hydrogen (secondary N) is 1. The molecule has 3 rings (SSSR count). The summed E-state index contributed by atoms with van der Waals surface area (Å²) in [6.45, 7) is 8.02. The molecule has 0 aromatic rings. The molecule has 11 nitrogen and oxygen atoms in total. The standard InChI is InChI=1S/C19H35N7O4/c1-22-15(3-2-5-23-9-13-26(14-10-23)18(20)21)17(30-19(22)29)25-11-7-24(8-12-25)6-4-16(27)28/h15,17H,2-14H2,1H3,(H3,20,21)(H,27,28). The largest absolute Gasteiger partial charge is 0.481 e. The van der Waals surface area contributed by atoms with Crippen molar-refractivity contribution in [2.75, 3.05) is 72.5 Å². The molecule has 0 aliphatic carbocycles. The summed E-state index contributed by atoms with van der Waals surface area (Å²) in [6, 6.07) is 0.0292. The number of cyclic esters (lactones) is 1. The van der Waals surface area contributed by atoms with E-state index in [1.165, 1.54) is 0 Å². The number of carboxylic acid groups (broad SMARTS) is 1. The molecule has 170 valence electrons. The Morgan fingerprint density at radius 3 is 2.30 bits per heavy atom. The lowest BCUT2D eigenvalue weighted by Gasteiger charge is -2.39. The lowest BCUT2D eigenvalue weighted by atomic mass is 10.1. The lowest BCUT2D eigenvalue weighted by Crippen LogP contribution is -2.54. The van der Waals surface area contributed by atoms with Crippen LogP contribution < -0.4 is 5.73 Å². The lowest BCUT2D eigenvalue weighted by molar-refractivity contribution is -0.137. The molecule has 0 spiro atoms. The molecular formula is C19H35N7O4. The van der Waals surface area contributed by atoms with Crippen molar-refractivity contribution < 1.29 is 19.4 Å². The summed E-state index contributed by atoms with van der Waals surface area (Å²) < 4.78 is 5.68. The van der Waals surface area contributed by atoms with Gasteiger partial charge in [-0.2, -0.15) is 0 Å². The molecule has 2 unspecified atom stereocenters. The van der Waals surface area contributed by atoms with Crippen LogP contribution in [0, 0.1) is 5.41 Å². The van der Waals surface area contributed by atoms with Gasteiger partial charge in [0.2, 0.25) is 0 Å². The first kappa shape index (κ1) is 22.6. The summed E-state index contributed by atoms with van der Waals surface area (Å²) in [5, 5.41) is 16.4. The maximum absolute atomic E-state index is 12.2. The third-order valence-corrected chi connectivity index (χ3v) is 6.43. The third-order valence-electron chi connectivity index (χ3n) is 6.43. The summed E-state index contributed by atoms with van der Waals surface area (Å²) in [7, 11) is 1.81. The van der Waals surface area contributed by atoms with Gasteiger partial charge < -0.3 is 30.3 Å². The van der Waals surface area contributed by atoms with Gasteiger partial charge >= 0.3 is 12.1 Å². The van der Waals surface area contributed by atoms with E-state index in [4.69, 9.17) is 21.0 Å². The van der Waals surface area contributed by atoms with E-state index in [-0.39, 0.29) is 30.7 Å². The minimum Gasteiger partial charge on any atom is -0.481 e. The first-order chi connectivity index (χ1) is 14.3. The Bertz CT molecular complexity index is 618. The molecule has 1 amide bonds. The summed E-state index contributed by atoms with van der Waals surface area (Å²) in [5.74, 6) is -0.629. The second-order valence-electron chi connectivity index (χ2n) is 8.33. The number of likely N-dealkylation sites (N-methyl/N-ethyl adjacent to an activating group) is 1. The van der Waals surface area contributed by atoms with Gasteiger partial charge in [-0.25, -0.2) is 4.79 Å². The third kappa shape index (κ3) is 5.73. The Balaban J connectivity index is 1.44. The molecule has 0 aromatic heterocycles. The molecule has 0 aromatic carbocycles. The molecule has 0 radical (unpaired) electrons. The monoisotopic (exact) mass is 425 g/mol. The zero-order valence-corrected chi connectivity index (χ0v) is 17.8. The van der Waals surface area contributed by atoms with E-state index < -0.39 is 5.97 Å². The molecular weight excluding hydrogens is 390 g/mol. The van der Waals surface area contributed by atoms with Crippen LogP contribution in [-0.4, -0.2) is 132 Å². The average Bonchev–Trinajstić information content (AvgIpc) is 3.01. The number of guanidine groups is 1. The van der Waals surface area contributed by atoms with Crippen LogP contribution in [0.25, 0.3) is 0 Å². The summed E-state index contributed by atoms with van der Waals surface area (Å²) >= 11 is 0. The van der Waals surface area contributed by atoms with E-state index in [9.17, 15) is 9.59 Å². The normalized spacial score (nSPS) is 26.8. The predicted octanol–water partition coefficient (Wildman–Crippen LogP) is -0.853. The van der Waals surface area contributed by atoms with Crippen molar-refractivity contribution >= 4 is 18.0 Å². The fourth-order valence-corrected chi connectivity index (χ4v) is 4.48. The van der Waals surface area contributed by atoms with E-state index in [0.717, 1.165) is 71.7 Å². The molecule has 3 heterocycles. The Morgan fingerprint density at radius 1 is 1.10 bits per heavy atom. The second kappa shape index (κ2) is 10.3. The Morgan fingerprint density at radius 2 is 1.70 bits per heavy atom. The molecule has 2 atom stereocenters. The number of aliphatic carboxylic acids is 1. The van der Waals surface area contributed by atoms with Crippen molar-refractivity contribution in [1.29, 1.82) is 5.41 Å². The number of hydrogen-bond donors (Lipinski definition) is 3. The Labute approximate surface area is 177 Å². The van der Waals surface area contributed by atoms with E-state index >= 15 is 0 Å². The predicted molar refractivity (Wildman–Crippen MR) is 111 cm³/mol. The number of rotatable bonds is 8. The Kier molecular flexibility index (Phi) is 7.73. The number of ether oxygens (including phenoxy) is 1. The summed E-state index contributed by atoms with van der Waals surface area (Å²) in [6.07, 6.45) is 1.50. The van der Waals surface area contributed by atoms with Crippen molar-refractivity contribution in [3.63, 3.8) is 0 Å². The van der Waals surface area contributed by atoms with Crippen LogP contribution in [0.15, 0.2) is 0 Å². The zero-order chi connectivity index (χ0) is 21.7. The van der Waals surface area contributed by atoms with Crippen molar-refractivity contribution in [2.24, 2.45) is 5.73 Å². The van der Waals surface area contributed by atoms with Crippen LogP contribution in [0.3, 0.4) is 0 Å². The molecule has 0 saturated carbocycles. The highest BCUT2D eigenvalue weighted by atomic mass is 16.6. The van der Waals surface area contributed by atoms with Crippen LogP contribution in [0.4, 0.5) is 4.79 Å². The minimum atomic E-state index is -0.772. The van der Waals surface area contributed by atoms with Crippen LogP contribution in [0.5, 0.6) is 0 Å². The molecule has 3 aliphatic rings. The SMILES string of the molecule is CN1C(=O)OC(N2CCN(CCC(=O)O)CC2)C1CCCN1CCN(C(=N)N)CC1. The molecule has 3 fully saturated rings. The number of amides is 1. The second-order valence-corrected chi connectivity index (χ2v) is 8.33. The molecule has 30 heavy (non-hydrogen) atoms. The van der Waals surface area contributed by atoms with E-state index in [2.05, 4.69) is 14.7 Å². The van der Waals surface area contributed by atoms with Crippen LogP contribution in [0.2, 0.25) is 0 Å². The number of carboxylic acids is 1. The van der Waals surface area contributed by atoms with E-state index in [0.29, 0.717) is 6.54 Å². The molecule has 11 heteroatoms. The van der Waals surface area contributed by atoms with Gasteiger partial charge in [0.15, 0.2) is 12.2 Å². The van der Waals surface area contributed by atoms with Crippen molar-refractivity contribution in [1.82, 2.24) is 24.5 Å². The van der Waals surface area contributed by atoms with Gasteiger partial charge in [0, 0.05) is 66.0 Å². The molecule has 0 bridgehead atoms. The molecule has 3 saturated heterocycles. The van der Waals surface area contributed by atoms with Gasteiger partial charge in [0.25, 0.3) is 0 Å². The number of nitrogens with zero attached hydrogens (tertiary/aromatic N) is 5. The number of carbonyl (C=O) groups is 2. The summed E-state index contributed by atoms with van der Waals surface area (Å²) in [5.41, 5.74) is 5.55. The fourth-order valence-electron chi connectivity index (χ4n) is 4.48. The number of nitrogens with two attached hydrogens (primary N) is 1. The van der Waals surface area contributed by atoms with Gasteiger partial charge in [-0.05, 0) is 19.4 Å². The van der Waals surface area contributed by atoms with Gasteiger partial charge in [-0.3, -0.25) is 20.0 Å². The average molecular weight is 426 g/mol. The van der Waals surface area contributed by atoms with E-state index in [1.807, 2.05) is 11.9 Å². The van der Waals surface area contributed by atoms with Gasteiger partial charge in [-0.1, -0.05) is 0 Å². The summed E-state index contributed by atoms with van der Waals surface area (Å²) in [4.78, 5) is 33.3. The smallest absolute Gasteiger partial charge is 0.411 e. The minimum absolute atomic E-state index is 0.0292. The maximum atomic E-state index is 12.2. The van der Waals surface area contributed by atoms with Crippen LogP contribution in [-0.2, 0) is 9.53 Å². The highest BCUT2D eigenvalue weighted by molar-refractivity contribution is 5.74. The van der Waals surface area contributed by atoms with Gasteiger partial charge in [0.05, 0.1) is 12.5 Å². The molecule has 3 aliphatic heterocycles. The highest BCUT2D eigenvalue weighted by Gasteiger charge is 2.43. The first-order valence-corrected chi connectivity index (χ1v) is 10.8. The van der Waals surface area contributed by atoms with Crippen LogP contribution in [0.1, 0.15) is 19.3 Å². The Hall–Kier alpha value is -2.11. The van der Waals surface area contributed by atoms with Crippen LogP contribution >= 0.6 is 0 Å². The number of piperazine rings is 2. The highest BCUT2D eigenvalue weighted by Crippen LogP contribution is 2.26. The number of carbonyl (C=O) groups excluding carboxylic acids is 1. The van der Waals surface area contributed by atoms with Gasteiger partial charge in [-0.15, -0.1) is 0 Å². The zero-order valence-electron chi connectivity index (χ0n) is 17.8.